The number of rotatable bonds is 10. The molecule has 1 N–H and O–H groups in total. The number of aliphatic hydroxyl groups excluding tert-OH is 1. The number of Topliss-reactive ketones (excluding diaryl/α,β-unsaturated/α-hetero) is 1. The smallest absolute Gasteiger partial charge is 0.301 e. The Labute approximate surface area is 279 Å². The van der Waals surface area contributed by atoms with E-state index in [0.717, 1.165) is 16.7 Å². The number of amides is 1. The second kappa shape index (κ2) is 13.8. The molecule has 46 heavy (non-hydrogen) atoms. The fraction of sp³-hybridized carbons (Fsp3) is 0.143. The maximum Gasteiger partial charge on any atom is 0.301 e. The topological polar surface area (TPSA) is 102 Å². The summed E-state index contributed by atoms with van der Waals surface area (Å²) in [6.07, 6.45) is 0. The van der Waals surface area contributed by atoms with Crippen LogP contribution in [0.1, 0.15) is 33.9 Å². The molecule has 2 heterocycles. The van der Waals surface area contributed by atoms with Gasteiger partial charge >= 0.3 is 5.91 Å². The van der Waals surface area contributed by atoms with Gasteiger partial charge < -0.3 is 14.6 Å². The Morgan fingerprint density at radius 2 is 1.59 bits per heavy atom. The van der Waals surface area contributed by atoms with Gasteiger partial charge in [0.25, 0.3) is 5.78 Å². The number of ketones is 1. The van der Waals surface area contributed by atoms with Crippen molar-refractivity contribution in [2.24, 2.45) is 0 Å². The summed E-state index contributed by atoms with van der Waals surface area (Å²) in [7, 11) is 1.55. The largest absolute Gasteiger partial charge is 0.507 e. The van der Waals surface area contributed by atoms with E-state index in [-0.39, 0.29) is 16.5 Å². The maximum atomic E-state index is 13.6. The van der Waals surface area contributed by atoms with Gasteiger partial charge in [-0.05, 0) is 71.6 Å². The van der Waals surface area contributed by atoms with Gasteiger partial charge in [0.15, 0.2) is 4.34 Å². The van der Waals surface area contributed by atoms with Crippen molar-refractivity contribution in [3.63, 3.8) is 0 Å². The highest BCUT2D eigenvalue weighted by Crippen LogP contribution is 2.44. The van der Waals surface area contributed by atoms with Gasteiger partial charge in [0, 0.05) is 16.3 Å². The highest BCUT2D eigenvalue weighted by molar-refractivity contribution is 8.00. The van der Waals surface area contributed by atoms with Crippen LogP contribution in [-0.4, -0.2) is 34.1 Å². The molecule has 11 heteroatoms. The summed E-state index contributed by atoms with van der Waals surface area (Å²) in [5, 5.41) is 21.0. The zero-order chi connectivity index (χ0) is 32.2. The van der Waals surface area contributed by atoms with Gasteiger partial charge in [-0.1, -0.05) is 89.3 Å². The van der Waals surface area contributed by atoms with Crippen LogP contribution in [0.4, 0.5) is 5.13 Å². The third-order valence-corrected chi connectivity index (χ3v) is 10.0. The molecular formula is C35H28ClN3O5S2. The van der Waals surface area contributed by atoms with E-state index in [9.17, 15) is 14.7 Å². The fourth-order valence-corrected chi connectivity index (χ4v) is 7.20. The van der Waals surface area contributed by atoms with E-state index in [4.69, 9.17) is 21.1 Å². The van der Waals surface area contributed by atoms with Crippen LogP contribution in [0.3, 0.4) is 0 Å². The van der Waals surface area contributed by atoms with E-state index in [0.29, 0.717) is 44.3 Å². The Balaban J connectivity index is 1.31. The quantitative estimate of drug-likeness (QED) is 0.0525. The second-order valence-corrected chi connectivity index (χ2v) is 13.0. The van der Waals surface area contributed by atoms with Crippen molar-refractivity contribution in [1.82, 2.24) is 10.2 Å². The molecule has 1 amide bonds. The van der Waals surface area contributed by atoms with Crippen LogP contribution in [-0.2, 0) is 21.9 Å². The van der Waals surface area contributed by atoms with Gasteiger partial charge in [-0.15, -0.1) is 10.2 Å². The van der Waals surface area contributed by atoms with Crippen molar-refractivity contribution in [1.29, 1.82) is 0 Å². The number of thioether (sulfide) groups is 1. The molecule has 1 unspecified atom stereocenters. The predicted molar refractivity (Wildman–Crippen MR) is 181 cm³/mol. The second-order valence-electron chi connectivity index (χ2n) is 10.4. The lowest BCUT2D eigenvalue weighted by atomic mass is 9.95. The molecule has 232 valence electrons. The summed E-state index contributed by atoms with van der Waals surface area (Å²) in [5.41, 5.74) is 4.05. The first-order chi connectivity index (χ1) is 22.3. The first kappa shape index (κ1) is 31.3. The van der Waals surface area contributed by atoms with Crippen LogP contribution in [0.5, 0.6) is 11.5 Å². The Kier molecular flexibility index (Phi) is 9.39. The normalized spacial score (nSPS) is 15.7. The molecule has 0 aliphatic carbocycles. The zero-order valence-corrected chi connectivity index (χ0v) is 27.2. The number of carbonyl (C=O) groups excluding carboxylic acids is 2. The van der Waals surface area contributed by atoms with Crippen LogP contribution in [0.15, 0.2) is 107 Å². The summed E-state index contributed by atoms with van der Waals surface area (Å²) in [4.78, 5) is 28.5. The standard InChI is InChI=1S/C35H28ClN3O5S2/c1-21-7-3-4-8-24(21)19-44-27-17-13-23(14-18-27)31(40)29-30(22-11-15-26(43-2)16-12-22)39(33(42)32(29)41)34-37-38-35(46-34)45-20-25-9-5-6-10-28(25)36/h3-18,30,40H,19-20H2,1-2H3/b31-29+. The Bertz CT molecular complexity index is 1930. The molecule has 0 bridgehead atoms. The maximum absolute atomic E-state index is 13.6. The molecule has 4 aromatic carbocycles. The lowest BCUT2D eigenvalue weighted by Crippen LogP contribution is -2.29. The van der Waals surface area contributed by atoms with Crippen LogP contribution in [0, 0.1) is 6.92 Å². The molecule has 1 fully saturated rings. The summed E-state index contributed by atoms with van der Waals surface area (Å²) in [6, 6.07) is 28.3. The molecule has 6 rings (SSSR count). The molecular weight excluding hydrogens is 642 g/mol. The number of nitrogens with zero attached hydrogens (tertiary/aromatic N) is 3. The number of aromatic nitrogens is 2. The first-order valence-electron chi connectivity index (χ1n) is 14.3. The first-order valence-corrected chi connectivity index (χ1v) is 16.4. The molecule has 1 atom stereocenters. The van der Waals surface area contributed by atoms with Crippen LogP contribution in [0.2, 0.25) is 5.02 Å². The number of carbonyl (C=O) groups is 2. The summed E-state index contributed by atoms with van der Waals surface area (Å²) in [6.45, 7) is 2.41. The van der Waals surface area contributed by atoms with E-state index in [2.05, 4.69) is 10.2 Å². The number of aliphatic hydroxyl groups is 1. The summed E-state index contributed by atoms with van der Waals surface area (Å²) >= 11 is 8.93. The van der Waals surface area contributed by atoms with Crippen molar-refractivity contribution in [3.05, 3.63) is 135 Å². The number of halogens is 1. The minimum atomic E-state index is -0.947. The highest BCUT2D eigenvalue weighted by Gasteiger charge is 2.48. The SMILES string of the molecule is COc1ccc(C2/C(=C(\O)c3ccc(OCc4ccccc4C)cc3)C(=O)C(=O)N2c2nnc(SCc3ccccc3Cl)s2)cc1. The summed E-state index contributed by atoms with van der Waals surface area (Å²) < 4.78 is 11.9. The molecule has 1 aromatic heterocycles. The van der Waals surface area contributed by atoms with Crippen molar-refractivity contribution < 1.29 is 24.2 Å². The van der Waals surface area contributed by atoms with Crippen molar-refractivity contribution in [3.8, 4) is 11.5 Å². The number of methoxy groups -OCH3 is 1. The fourth-order valence-electron chi connectivity index (χ4n) is 5.04. The molecule has 5 aromatic rings. The monoisotopic (exact) mass is 669 g/mol. The number of ether oxygens (including phenoxy) is 2. The van der Waals surface area contributed by atoms with E-state index in [1.165, 1.54) is 28.0 Å². The van der Waals surface area contributed by atoms with Gasteiger partial charge in [-0.3, -0.25) is 14.5 Å². The predicted octanol–water partition coefficient (Wildman–Crippen LogP) is 8.01. The molecule has 1 aliphatic rings. The third-order valence-electron chi connectivity index (χ3n) is 7.57. The van der Waals surface area contributed by atoms with Gasteiger partial charge in [0.1, 0.15) is 23.9 Å². The Morgan fingerprint density at radius 1 is 0.913 bits per heavy atom. The van der Waals surface area contributed by atoms with Crippen molar-refractivity contribution in [2.75, 3.05) is 12.0 Å². The number of benzene rings is 4. The average molecular weight is 670 g/mol. The van der Waals surface area contributed by atoms with Crippen molar-refractivity contribution >= 4 is 57.3 Å². The minimum absolute atomic E-state index is 0.0517. The third kappa shape index (κ3) is 6.50. The average Bonchev–Trinajstić information content (AvgIpc) is 3.65. The number of hydrogen-bond acceptors (Lipinski definition) is 9. The van der Waals surface area contributed by atoms with Crippen LogP contribution >= 0.6 is 34.7 Å². The van der Waals surface area contributed by atoms with E-state index in [1.807, 2.05) is 55.5 Å². The molecule has 0 radical (unpaired) electrons. The lowest BCUT2D eigenvalue weighted by molar-refractivity contribution is -0.132. The molecule has 1 aliphatic heterocycles. The van der Waals surface area contributed by atoms with E-state index < -0.39 is 17.7 Å². The van der Waals surface area contributed by atoms with Crippen LogP contribution < -0.4 is 14.4 Å². The van der Waals surface area contributed by atoms with E-state index >= 15 is 0 Å². The van der Waals surface area contributed by atoms with E-state index in [1.54, 1.807) is 55.6 Å². The molecule has 0 spiro atoms. The van der Waals surface area contributed by atoms with Crippen LogP contribution in [0.25, 0.3) is 5.76 Å². The number of aryl methyl sites for hydroxylation is 1. The number of hydrogen-bond donors (Lipinski definition) is 1. The Hall–Kier alpha value is -4.64. The minimum Gasteiger partial charge on any atom is -0.507 e. The lowest BCUT2D eigenvalue weighted by Gasteiger charge is -2.22. The summed E-state index contributed by atoms with van der Waals surface area (Å²) in [5.74, 6) is -0.165. The zero-order valence-electron chi connectivity index (χ0n) is 24.8. The molecule has 1 saturated heterocycles. The van der Waals surface area contributed by atoms with Gasteiger partial charge in [-0.25, -0.2) is 0 Å². The highest BCUT2D eigenvalue weighted by atomic mass is 35.5. The van der Waals surface area contributed by atoms with Gasteiger partial charge in [0.05, 0.1) is 18.7 Å². The van der Waals surface area contributed by atoms with Gasteiger partial charge in [0.2, 0.25) is 5.13 Å². The molecule has 8 nitrogen and oxygen atoms in total. The van der Waals surface area contributed by atoms with Gasteiger partial charge in [-0.2, -0.15) is 0 Å². The Morgan fingerprint density at radius 3 is 2.28 bits per heavy atom. The molecule has 0 saturated carbocycles. The number of anilines is 1. The van der Waals surface area contributed by atoms with Crippen molar-refractivity contribution in [2.45, 2.75) is 29.7 Å².